The maximum absolute atomic E-state index is 11.8. The minimum atomic E-state index is -0.615. The second-order valence-corrected chi connectivity index (χ2v) is 5.30. The molecule has 1 aromatic carbocycles. The number of halogens is 2. The average molecular weight is 319 g/mol. The summed E-state index contributed by atoms with van der Waals surface area (Å²) in [5, 5.41) is 6.74. The number of carbonyl (C=O) groups excluding carboxylic acids is 1. The predicted molar refractivity (Wildman–Crippen MR) is 82.6 cm³/mol. The minimum Gasteiger partial charge on any atom is -0.479 e. The highest BCUT2D eigenvalue weighted by atomic mass is 35.5. The number of carbonyl (C=O) groups is 1. The van der Waals surface area contributed by atoms with Gasteiger partial charge in [0.05, 0.1) is 5.02 Å². The molecule has 0 radical (unpaired) electrons. The Morgan fingerprint density at radius 2 is 2.10 bits per heavy atom. The summed E-state index contributed by atoms with van der Waals surface area (Å²) in [5.74, 6) is 0.331. The fourth-order valence-electron chi connectivity index (χ4n) is 1.69. The zero-order valence-corrected chi connectivity index (χ0v) is 13.4. The second kappa shape index (κ2) is 8.35. The van der Waals surface area contributed by atoms with Gasteiger partial charge in [-0.3, -0.25) is 4.79 Å². The molecular formula is C14H20Cl2N2O2. The van der Waals surface area contributed by atoms with Crippen LogP contribution in [0.3, 0.4) is 0 Å². The third kappa shape index (κ3) is 4.85. The highest BCUT2D eigenvalue weighted by Crippen LogP contribution is 2.33. The van der Waals surface area contributed by atoms with Gasteiger partial charge in [-0.2, -0.15) is 0 Å². The zero-order chi connectivity index (χ0) is 15.1. The van der Waals surface area contributed by atoms with Gasteiger partial charge in [-0.05, 0) is 32.5 Å². The molecular weight excluding hydrogens is 299 g/mol. The highest BCUT2D eigenvalue weighted by molar-refractivity contribution is 6.35. The van der Waals surface area contributed by atoms with E-state index in [2.05, 4.69) is 10.6 Å². The number of nitrogens with one attached hydrogen (secondary N) is 2. The second-order valence-electron chi connectivity index (χ2n) is 4.46. The number of amides is 1. The van der Waals surface area contributed by atoms with Crippen LogP contribution in [0, 0.1) is 0 Å². The molecule has 1 amide bonds. The van der Waals surface area contributed by atoms with Gasteiger partial charge in [0, 0.05) is 23.7 Å². The third-order valence-corrected chi connectivity index (χ3v) is 3.16. The molecule has 1 atom stereocenters. The van der Waals surface area contributed by atoms with Gasteiger partial charge in [0.15, 0.2) is 6.10 Å². The fourth-order valence-corrected chi connectivity index (χ4v) is 2.27. The predicted octanol–water partition coefficient (Wildman–Crippen LogP) is 3.01. The first-order valence-corrected chi connectivity index (χ1v) is 7.32. The van der Waals surface area contributed by atoms with E-state index in [4.69, 9.17) is 27.9 Å². The molecule has 1 rings (SSSR count). The molecule has 0 bridgehead atoms. The number of hydrogen-bond donors (Lipinski definition) is 2. The summed E-state index contributed by atoms with van der Waals surface area (Å²) in [4.78, 5) is 11.8. The Morgan fingerprint density at radius 3 is 2.70 bits per heavy atom. The van der Waals surface area contributed by atoms with Crippen molar-refractivity contribution < 1.29 is 9.53 Å². The molecule has 0 heterocycles. The molecule has 0 aromatic heterocycles. The molecule has 2 N–H and O–H groups in total. The molecule has 0 aliphatic heterocycles. The quantitative estimate of drug-likeness (QED) is 0.812. The first-order chi connectivity index (χ1) is 9.49. The smallest absolute Gasteiger partial charge is 0.260 e. The molecule has 0 spiro atoms. The third-order valence-electron chi connectivity index (χ3n) is 2.67. The van der Waals surface area contributed by atoms with Gasteiger partial charge in [0.25, 0.3) is 5.91 Å². The Bertz CT molecular complexity index is 467. The standard InChI is InChI=1S/C14H20Cl2N2O2/c1-4-5-18-14(19)9(2)20-13-10(8-17-3)6-11(15)7-12(13)16/h6-7,9,17H,4-5,8H2,1-3H3,(H,18,19). The Hall–Kier alpha value is -0.970. The van der Waals surface area contributed by atoms with Gasteiger partial charge < -0.3 is 15.4 Å². The lowest BCUT2D eigenvalue weighted by Crippen LogP contribution is -2.36. The average Bonchev–Trinajstić information content (AvgIpc) is 2.39. The van der Waals surface area contributed by atoms with E-state index in [1.807, 2.05) is 14.0 Å². The van der Waals surface area contributed by atoms with Crippen LogP contribution in [0.1, 0.15) is 25.8 Å². The zero-order valence-electron chi connectivity index (χ0n) is 11.9. The van der Waals surface area contributed by atoms with E-state index < -0.39 is 6.10 Å². The molecule has 1 unspecified atom stereocenters. The normalized spacial score (nSPS) is 12.1. The van der Waals surface area contributed by atoms with Crippen molar-refractivity contribution in [1.29, 1.82) is 0 Å². The summed E-state index contributed by atoms with van der Waals surface area (Å²) >= 11 is 12.1. The minimum absolute atomic E-state index is 0.159. The summed E-state index contributed by atoms with van der Waals surface area (Å²) in [7, 11) is 1.82. The van der Waals surface area contributed by atoms with E-state index in [1.165, 1.54) is 0 Å². The molecule has 20 heavy (non-hydrogen) atoms. The first kappa shape index (κ1) is 17.1. The SMILES string of the molecule is CCCNC(=O)C(C)Oc1c(Cl)cc(Cl)cc1CNC. The van der Waals surface area contributed by atoms with E-state index in [0.29, 0.717) is 28.9 Å². The molecule has 0 fully saturated rings. The number of ether oxygens (including phenoxy) is 1. The molecule has 0 saturated heterocycles. The van der Waals surface area contributed by atoms with Crippen LogP contribution in [0.4, 0.5) is 0 Å². The lowest BCUT2D eigenvalue weighted by Gasteiger charge is -2.18. The molecule has 112 valence electrons. The van der Waals surface area contributed by atoms with Crippen molar-refractivity contribution in [1.82, 2.24) is 10.6 Å². The summed E-state index contributed by atoms with van der Waals surface area (Å²) in [5.41, 5.74) is 0.820. The van der Waals surface area contributed by atoms with Crippen molar-refractivity contribution in [2.24, 2.45) is 0 Å². The van der Waals surface area contributed by atoms with Gasteiger partial charge in [-0.25, -0.2) is 0 Å². The summed E-state index contributed by atoms with van der Waals surface area (Å²) < 4.78 is 5.70. The van der Waals surface area contributed by atoms with Gasteiger partial charge >= 0.3 is 0 Å². The van der Waals surface area contributed by atoms with Crippen molar-refractivity contribution in [3.63, 3.8) is 0 Å². The van der Waals surface area contributed by atoms with E-state index in [-0.39, 0.29) is 5.91 Å². The van der Waals surface area contributed by atoms with E-state index in [0.717, 1.165) is 12.0 Å². The number of benzene rings is 1. The topological polar surface area (TPSA) is 50.4 Å². The van der Waals surface area contributed by atoms with Crippen molar-refractivity contribution in [2.45, 2.75) is 32.9 Å². The maximum atomic E-state index is 11.8. The Kier molecular flexibility index (Phi) is 7.13. The largest absolute Gasteiger partial charge is 0.479 e. The first-order valence-electron chi connectivity index (χ1n) is 6.56. The molecule has 1 aromatic rings. The van der Waals surface area contributed by atoms with Crippen LogP contribution in [0.2, 0.25) is 10.0 Å². The fraction of sp³-hybridized carbons (Fsp3) is 0.500. The maximum Gasteiger partial charge on any atom is 0.260 e. The van der Waals surface area contributed by atoms with Gasteiger partial charge in [0.2, 0.25) is 0 Å². The van der Waals surface area contributed by atoms with E-state index in [9.17, 15) is 4.79 Å². The van der Waals surface area contributed by atoms with Crippen LogP contribution in [0.5, 0.6) is 5.75 Å². The van der Waals surface area contributed by atoms with Crippen LogP contribution >= 0.6 is 23.2 Å². The van der Waals surface area contributed by atoms with Crippen LogP contribution in [0.25, 0.3) is 0 Å². The Labute approximate surface area is 129 Å². The van der Waals surface area contributed by atoms with Crippen LogP contribution in [-0.4, -0.2) is 25.6 Å². The summed E-state index contributed by atoms with van der Waals surface area (Å²) in [6.07, 6.45) is 0.265. The van der Waals surface area contributed by atoms with Crippen LogP contribution in [0.15, 0.2) is 12.1 Å². The van der Waals surface area contributed by atoms with E-state index >= 15 is 0 Å². The monoisotopic (exact) mass is 318 g/mol. The molecule has 0 aliphatic rings. The Morgan fingerprint density at radius 1 is 1.40 bits per heavy atom. The van der Waals surface area contributed by atoms with Gasteiger partial charge in [-0.1, -0.05) is 30.1 Å². The van der Waals surface area contributed by atoms with Gasteiger partial charge in [0.1, 0.15) is 5.75 Å². The van der Waals surface area contributed by atoms with E-state index in [1.54, 1.807) is 19.1 Å². The summed E-state index contributed by atoms with van der Waals surface area (Å²) in [6, 6.07) is 3.38. The van der Waals surface area contributed by atoms with Crippen molar-refractivity contribution in [3.8, 4) is 5.75 Å². The van der Waals surface area contributed by atoms with Crippen molar-refractivity contribution >= 4 is 29.1 Å². The van der Waals surface area contributed by atoms with Gasteiger partial charge in [-0.15, -0.1) is 0 Å². The number of hydrogen-bond acceptors (Lipinski definition) is 3. The molecule has 0 aliphatic carbocycles. The summed E-state index contributed by atoms with van der Waals surface area (Å²) in [6.45, 7) is 4.87. The molecule has 6 heteroatoms. The lowest BCUT2D eigenvalue weighted by molar-refractivity contribution is -0.127. The highest BCUT2D eigenvalue weighted by Gasteiger charge is 2.18. The Balaban J connectivity index is 2.87. The lowest BCUT2D eigenvalue weighted by atomic mass is 10.2. The van der Waals surface area contributed by atoms with Crippen molar-refractivity contribution in [2.75, 3.05) is 13.6 Å². The molecule has 4 nitrogen and oxygen atoms in total. The molecule has 0 saturated carbocycles. The van der Waals surface area contributed by atoms with Crippen molar-refractivity contribution in [3.05, 3.63) is 27.7 Å². The van der Waals surface area contributed by atoms with Crippen LogP contribution < -0.4 is 15.4 Å². The number of rotatable bonds is 7. The van der Waals surface area contributed by atoms with Crippen LogP contribution in [-0.2, 0) is 11.3 Å².